The number of aromatic nitrogens is 1. The molecule has 1 heterocycles. The molecule has 6 nitrogen and oxygen atoms in total. The molecule has 0 spiro atoms. The molecule has 138 valence electrons. The fourth-order valence-corrected chi connectivity index (χ4v) is 3.18. The second-order valence-electron chi connectivity index (χ2n) is 5.61. The van der Waals surface area contributed by atoms with E-state index >= 15 is 0 Å². The van der Waals surface area contributed by atoms with E-state index < -0.39 is 0 Å². The number of nitrogen functional groups attached to an aromatic ring is 1. The lowest BCUT2D eigenvalue weighted by Crippen LogP contribution is -2.17. The standard InChI is InChI=1S/C19H17ClN4O2S/c1-12-17(27-19(21)23-12)18(25)24-22-10-13-6-8-15(9-7-13)26-11-14-4-2-3-5-16(14)20/h2-10H,11H2,1H3,(H2,21,23)(H,24,25)/b22-10+. The maximum atomic E-state index is 12.0. The molecule has 0 atom stereocenters. The van der Waals surface area contributed by atoms with Gasteiger partial charge in [-0.2, -0.15) is 5.10 Å². The average molecular weight is 401 g/mol. The van der Waals surface area contributed by atoms with Gasteiger partial charge >= 0.3 is 0 Å². The molecule has 0 radical (unpaired) electrons. The van der Waals surface area contributed by atoms with Crippen molar-refractivity contribution in [2.24, 2.45) is 5.10 Å². The molecule has 0 aliphatic rings. The quantitative estimate of drug-likeness (QED) is 0.483. The first-order valence-corrected chi connectivity index (χ1v) is 9.25. The van der Waals surface area contributed by atoms with Gasteiger partial charge in [-0.25, -0.2) is 10.4 Å². The lowest BCUT2D eigenvalue weighted by atomic mass is 10.2. The number of thiazole rings is 1. The van der Waals surface area contributed by atoms with E-state index in [1.54, 1.807) is 13.1 Å². The molecule has 0 aliphatic heterocycles. The van der Waals surface area contributed by atoms with Crippen LogP contribution in [0.3, 0.4) is 0 Å². The lowest BCUT2D eigenvalue weighted by Gasteiger charge is -2.07. The van der Waals surface area contributed by atoms with Crippen molar-refractivity contribution in [1.29, 1.82) is 0 Å². The maximum Gasteiger partial charge on any atom is 0.283 e. The SMILES string of the molecule is Cc1nc(N)sc1C(=O)N/N=C/c1ccc(OCc2ccccc2Cl)cc1. The van der Waals surface area contributed by atoms with E-state index in [4.69, 9.17) is 22.1 Å². The Balaban J connectivity index is 1.54. The van der Waals surface area contributed by atoms with Gasteiger partial charge in [-0.1, -0.05) is 41.1 Å². The van der Waals surface area contributed by atoms with E-state index in [1.165, 1.54) is 0 Å². The first-order valence-electron chi connectivity index (χ1n) is 8.05. The minimum atomic E-state index is -0.336. The zero-order valence-corrected chi connectivity index (χ0v) is 16.1. The first kappa shape index (κ1) is 18.9. The van der Waals surface area contributed by atoms with Crippen molar-refractivity contribution < 1.29 is 9.53 Å². The van der Waals surface area contributed by atoms with E-state index in [0.29, 0.717) is 33.1 Å². The third kappa shape index (κ3) is 5.06. The molecule has 8 heteroatoms. The number of nitrogens with one attached hydrogen (secondary N) is 1. The summed E-state index contributed by atoms with van der Waals surface area (Å²) >= 11 is 7.24. The highest BCUT2D eigenvalue weighted by Gasteiger charge is 2.13. The van der Waals surface area contributed by atoms with Crippen LogP contribution < -0.4 is 15.9 Å². The van der Waals surface area contributed by atoms with Gasteiger partial charge in [0.05, 0.1) is 11.9 Å². The minimum Gasteiger partial charge on any atom is -0.489 e. The van der Waals surface area contributed by atoms with Crippen molar-refractivity contribution in [3.8, 4) is 5.75 Å². The van der Waals surface area contributed by atoms with Crippen LogP contribution in [0.15, 0.2) is 53.6 Å². The van der Waals surface area contributed by atoms with E-state index in [1.807, 2.05) is 48.5 Å². The number of carbonyl (C=O) groups excluding carboxylic acids is 1. The number of nitrogens with zero attached hydrogens (tertiary/aromatic N) is 2. The van der Waals surface area contributed by atoms with Crippen LogP contribution in [-0.4, -0.2) is 17.1 Å². The summed E-state index contributed by atoms with van der Waals surface area (Å²) in [6.45, 7) is 2.12. The van der Waals surface area contributed by atoms with Crippen LogP contribution in [0.4, 0.5) is 5.13 Å². The number of anilines is 1. The van der Waals surface area contributed by atoms with Gasteiger partial charge in [-0.05, 0) is 42.8 Å². The van der Waals surface area contributed by atoms with Crippen LogP contribution in [0.2, 0.25) is 5.02 Å². The lowest BCUT2D eigenvalue weighted by molar-refractivity contribution is 0.0958. The van der Waals surface area contributed by atoms with Crippen LogP contribution in [-0.2, 0) is 6.61 Å². The average Bonchev–Trinajstić information content (AvgIpc) is 3.00. The minimum absolute atomic E-state index is 0.336. The van der Waals surface area contributed by atoms with Crippen LogP contribution in [0.25, 0.3) is 0 Å². The number of aryl methyl sites for hydroxylation is 1. The normalized spacial score (nSPS) is 10.9. The summed E-state index contributed by atoms with van der Waals surface area (Å²) in [6.07, 6.45) is 1.55. The number of ether oxygens (including phenoxy) is 1. The monoisotopic (exact) mass is 400 g/mol. The number of hydrogen-bond donors (Lipinski definition) is 2. The molecule has 3 rings (SSSR count). The van der Waals surface area contributed by atoms with Gasteiger partial charge in [0.25, 0.3) is 5.91 Å². The van der Waals surface area contributed by atoms with Crippen LogP contribution in [0.5, 0.6) is 5.75 Å². The van der Waals surface area contributed by atoms with Crippen LogP contribution in [0.1, 0.15) is 26.5 Å². The van der Waals surface area contributed by atoms with Crippen molar-refractivity contribution in [2.75, 3.05) is 5.73 Å². The Kier molecular flexibility index (Phi) is 6.05. The fraction of sp³-hybridized carbons (Fsp3) is 0.105. The highest BCUT2D eigenvalue weighted by atomic mass is 35.5. The summed E-state index contributed by atoms with van der Waals surface area (Å²) in [7, 11) is 0. The Morgan fingerprint density at radius 2 is 2.04 bits per heavy atom. The molecule has 1 amide bonds. The van der Waals surface area contributed by atoms with Gasteiger partial charge in [0.2, 0.25) is 0 Å². The van der Waals surface area contributed by atoms with Gasteiger partial charge < -0.3 is 10.5 Å². The topological polar surface area (TPSA) is 89.6 Å². The number of amides is 1. The van der Waals surface area contributed by atoms with E-state index in [-0.39, 0.29) is 5.91 Å². The van der Waals surface area contributed by atoms with Gasteiger partial charge in [0.1, 0.15) is 17.2 Å². The molecule has 0 fully saturated rings. The third-order valence-electron chi connectivity index (χ3n) is 3.63. The van der Waals surface area contributed by atoms with E-state index in [2.05, 4.69) is 15.5 Å². The Morgan fingerprint density at radius 3 is 2.70 bits per heavy atom. The highest BCUT2D eigenvalue weighted by Crippen LogP contribution is 2.20. The number of rotatable bonds is 6. The number of benzene rings is 2. The number of halogens is 1. The predicted molar refractivity (Wildman–Crippen MR) is 109 cm³/mol. The molecule has 1 aromatic heterocycles. The Morgan fingerprint density at radius 1 is 1.30 bits per heavy atom. The first-order chi connectivity index (χ1) is 13.0. The number of carbonyl (C=O) groups is 1. The summed E-state index contributed by atoms with van der Waals surface area (Å²) in [4.78, 5) is 16.5. The van der Waals surface area contributed by atoms with Crippen molar-refractivity contribution in [3.05, 3.63) is 75.3 Å². The maximum absolute atomic E-state index is 12.0. The van der Waals surface area contributed by atoms with Crippen molar-refractivity contribution >= 4 is 40.2 Å². The van der Waals surface area contributed by atoms with Crippen molar-refractivity contribution in [1.82, 2.24) is 10.4 Å². The number of nitrogens with two attached hydrogens (primary N) is 1. The molecule has 0 saturated carbocycles. The molecule has 0 bridgehead atoms. The van der Waals surface area contributed by atoms with E-state index in [0.717, 1.165) is 22.5 Å². The molecule has 3 aromatic rings. The van der Waals surface area contributed by atoms with Gasteiger partial charge in [-0.15, -0.1) is 0 Å². The van der Waals surface area contributed by atoms with Gasteiger partial charge in [0, 0.05) is 10.6 Å². The molecule has 0 unspecified atom stereocenters. The second kappa shape index (κ2) is 8.66. The molecule has 27 heavy (non-hydrogen) atoms. The summed E-state index contributed by atoms with van der Waals surface area (Å²) in [5, 5.41) is 4.99. The molecular formula is C19H17ClN4O2S. The Labute approximate surface area is 165 Å². The Bertz CT molecular complexity index is 970. The Hall–Kier alpha value is -2.90. The zero-order chi connectivity index (χ0) is 19.2. The molecule has 2 aromatic carbocycles. The molecule has 0 saturated heterocycles. The largest absolute Gasteiger partial charge is 0.489 e. The molecule has 0 aliphatic carbocycles. The summed E-state index contributed by atoms with van der Waals surface area (Å²) in [5.74, 6) is 0.379. The third-order valence-corrected chi connectivity index (χ3v) is 4.99. The highest BCUT2D eigenvalue weighted by molar-refractivity contribution is 7.17. The second-order valence-corrected chi connectivity index (χ2v) is 7.05. The predicted octanol–water partition coefficient (Wildman–Crippen LogP) is 4.03. The zero-order valence-electron chi connectivity index (χ0n) is 14.5. The number of hydrazone groups is 1. The summed E-state index contributed by atoms with van der Waals surface area (Å²) < 4.78 is 5.73. The van der Waals surface area contributed by atoms with Crippen LogP contribution >= 0.6 is 22.9 Å². The van der Waals surface area contributed by atoms with Gasteiger partial charge in [-0.3, -0.25) is 4.79 Å². The molecule has 3 N–H and O–H groups in total. The number of hydrogen-bond acceptors (Lipinski definition) is 6. The summed E-state index contributed by atoms with van der Waals surface area (Å²) in [6, 6.07) is 14.9. The van der Waals surface area contributed by atoms with E-state index in [9.17, 15) is 4.79 Å². The van der Waals surface area contributed by atoms with Crippen molar-refractivity contribution in [3.63, 3.8) is 0 Å². The van der Waals surface area contributed by atoms with Crippen molar-refractivity contribution in [2.45, 2.75) is 13.5 Å². The fourth-order valence-electron chi connectivity index (χ4n) is 2.27. The van der Waals surface area contributed by atoms with Gasteiger partial charge in [0.15, 0.2) is 5.13 Å². The molecular weight excluding hydrogens is 384 g/mol. The smallest absolute Gasteiger partial charge is 0.283 e. The van der Waals surface area contributed by atoms with Crippen LogP contribution in [0, 0.1) is 6.92 Å². The summed E-state index contributed by atoms with van der Waals surface area (Å²) in [5.41, 5.74) is 10.4.